The van der Waals surface area contributed by atoms with Crippen LogP contribution in [0.1, 0.15) is 17.9 Å². The molecule has 15 heavy (non-hydrogen) atoms. The van der Waals surface area contributed by atoms with Crippen LogP contribution in [0.2, 0.25) is 5.02 Å². The summed E-state index contributed by atoms with van der Waals surface area (Å²) in [5, 5.41) is 4.43. The maximum absolute atomic E-state index is 6.19. The lowest BCUT2D eigenvalue weighted by molar-refractivity contribution is 0.245. The number of likely N-dealkylation sites (tertiary alicyclic amines) is 1. The van der Waals surface area contributed by atoms with Gasteiger partial charge < -0.3 is 10.2 Å². The van der Waals surface area contributed by atoms with Crippen LogP contribution >= 0.6 is 11.6 Å². The SMILES string of the molecule is CN1CCC2c3cccc(Cl)c3NC2C1. The predicted molar refractivity (Wildman–Crippen MR) is 63.7 cm³/mol. The van der Waals surface area contributed by atoms with Crippen molar-refractivity contribution in [1.29, 1.82) is 0 Å². The van der Waals surface area contributed by atoms with Crippen molar-refractivity contribution in [2.24, 2.45) is 0 Å². The van der Waals surface area contributed by atoms with Gasteiger partial charge in [0.25, 0.3) is 0 Å². The van der Waals surface area contributed by atoms with Crippen LogP contribution in [-0.4, -0.2) is 31.1 Å². The van der Waals surface area contributed by atoms with Crippen LogP contribution in [0.4, 0.5) is 5.69 Å². The third-order valence-corrected chi connectivity index (χ3v) is 3.91. The van der Waals surface area contributed by atoms with E-state index >= 15 is 0 Å². The minimum Gasteiger partial charge on any atom is -0.379 e. The van der Waals surface area contributed by atoms with Gasteiger partial charge in [0.15, 0.2) is 0 Å². The van der Waals surface area contributed by atoms with E-state index in [9.17, 15) is 0 Å². The van der Waals surface area contributed by atoms with Crippen LogP contribution in [0.15, 0.2) is 18.2 Å². The van der Waals surface area contributed by atoms with Crippen molar-refractivity contribution in [2.75, 3.05) is 25.5 Å². The lowest BCUT2D eigenvalue weighted by atomic mass is 9.89. The highest BCUT2D eigenvalue weighted by Crippen LogP contribution is 2.43. The summed E-state index contributed by atoms with van der Waals surface area (Å²) in [6, 6.07) is 6.79. The molecule has 2 unspecified atom stereocenters. The molecule has 2 nitrogen and oxygen atoms in total. The highest BCUT2D eigenvalue weighted by atomic mass is 35.5. The molecule has 1 saturated heterocycles. The van der Waals surface area contributed by atoms with Crippen molar-refractivity contribution < 1.29 is 0 Å². The summed E-state index contributed by atoms with van der Waals surface area (Å²) in [5.41, 5.74) is 2.59. The molecule has 2 heterocycles. The lowest BCUT2D eigenvalue weighted by Gasteiger charge is -2.32. The second-order valence-corrected chi connectivity index (χ2v) is 5.02. The zero-order valence-corrected chi connectivity index (χ0v) is 9.59. The Labute approximate surface area is 95.2 Å². The number of halogens is 1. The first kappa shape index (κ1) is 9.49. The van der Waals surface area contributed by atoms with Crippen LogP contribution in [0, 0.1) is 0 Å². The first-order valence-electron chi connectivity index (χ1n) is 5.49. The number of hydrogen-bond acceptors (Lipinski definition) is 2. The second kappa shape index (κ2) is 3.39. The number of fused-ring (bicyclic) bond motifs is 3. The van der Waals surface area contributed by atoms with Gasteiger partial charge in [-0.2, -0.15) is 0 Å². The minimum atomic E-state index is 0.554. The normalized spacial score (nSPS) is 29.5. The zero-order chi connectivity index (χ0) is 10.4. The maximum atomic E-state index is 6.19. The van der Waals surface area contributed by atoms with Crippen molar-refractivity contribution in [2.45, 2.75) is 18.4 Å². The number of para-hydroxylation sites is 1. The van der Waals surface area contributed by atoms with Gasteiger partial charge in [0.05, 0.1) is 10.7 Å². The molecule has 3 heteroatoms. The van der Waals surface area contributed by atoms with E-state index in [-0.39, 0.29) is 0 Å². The van der Waals surface area contributed by atoms with E-state index in [4.69, 9.17) is 11.6 Å². The van der Waals surface area contributed by atoms with Crippen molar-refractivity contribution in [3.05, 3.63) is 28.8 Å². The largest absolute Gasteiger partial charge is 0.379 e. The molecule has 0 aromatic heterocycles. The lowest BCUT2D eigenvalue weighted by Crippen LogP contribution is -2.41. The molecule has 2 aliphatic rings. The Kier molecular flexibility index (Phi) is 2.15. The summed E-state index contributed by atoms with van der Waals surface area (Å²) in [5.74, 6) is 0.662. The van der Waals surface area contributed by atoms with E-state index in [0.29, 0.717) is 12.0 Å². The molecule has 0 aliphatic carbocycles. The number of likely N-dealkylation sites (N-methyl/N-ethyl adjacent to an activating group) is 1. The Hall–Kier alpha value is -0.730. The summed E-state index contributed by atoms with van der Waals surface area (Å²) >= 11 is 6.19. The molecular formula is C12H15ClN2. The maximum Gasteiger partial charge on any atom is 0.0640 e. The van der Waals surface area contributed by atoms with Gasteiger partial charge in [-0.1, -0.05) is 23.7 Å². The van der Waals surface area contributed by atoms with E-state index in [0.717, 1.165) is 11.6 Å². The van der Waals surface area contributed by atoms with Crippen molar-refractivity contribution in [3.8, 4) is 0 Å². The molecule has 0 amide bonds. The number of nitrogens with zero attached hydrogens (tertiary/aromatic N) is 1. The number of nitrogens with one attached hydrogen (secondary N) is 1. The Morgan fingerprint density at radius 3 is 3.20 bits per heavy atom. The third kappa shape index (κ3) is 1.44. The monoisotopic (exact) mass is 222 g/mol. The average molecular weight is 223 g/mol. The van der Waals surface area contributed by atoms with Crippen LogP contribution < -0.4 is 5.32 Å². The van der Waals surface area contributed by atoms with E-state index < -0.39 is 0 Å². The smallest absolute Gasteiger partial charge is 0.0640 e. The molecule has 0 saturated carbocycles. The topological polar surface area (TPSA) is 15.3 Å². The number of piperidine rings is 1. The Bertz CT molecular complexity index is 391. The number of benzene rings is 1. The first-order valence-corrected chi connectivity index (χ1v) is 5.87. The quantitative estimate of drug-likeness (QED) is 0.726. The summed E-state index contributed by atoms with van der Waals surface area (Å²) in [4.78, 5) is 2.38. The fourth-order valence-corrected chi connectivity index (χ4v) is 3.06. The molecule has 80 valence electrons. The van der Waals surface area contributed by atoms with E-state index in [1.807, 2.05) is 6.07 Å². The third-order valence-electron chi connectivity index (χ3n) is 3.59. The van der Waals surface area contributed by atoms with Gasteiger partial charge in [0, 0.05) is 18.5 Å². The van der Waals surface area contributed by atoms with E-state index in [1.54, 1.807) is 0 Å². The van der Waals surface area contributed by atoms with Gasteiger partial charge >= 0.3 is 0 Å². The van der Waals surface area contributed by atoms with Crippen molar-refractivity contribution in [1.82, 2.24) is 4.90 Å². The van der Waals surface area contributed by atoms with Gasteiger partial charge in [-0.25, -0.2) is 0 Å². The fraction of sp³-hybridized carbons (Fsp3) is 0.500. The Balaban J connectivity index is 1.99. The van der Waals surface area contributed by atoms with E-state index in [1.165, 1.54) is 24.2 Å². The first-order chi connectivity index (χ1) is 7.25. The summed E-state index contributed by atoms with van der Waals surface area (Å²) in [7, 11) is 2.18. The molecule has 1 aromatic carbocycles. The molecule has 1 N–H and O–H groups in total. The van der Waals surface area contributed by atoms with E-state index in [2.05, 4.69) is 29.4 Å². The van der Waals surface area contributed by atoms with Crippen LogP contribution in [-0.2, 0) is 0 Å². The summed E-state index contributed by atoms with van der Waals surface area (Å²) < 4.78 is 0. The Morgan fingerprint density at radius 2 is 2.33 bits per heavy atom. The number of rotatable bonds is 0. The van der Waals surface area contributed by atoms with Crippen LogP contribution in [0.25, 0.3) is 0 Å². The van der Waals surface area contributed by atoms with Gasteiger partial charge in [0.1, 0.15) is 0 Å². The second-order valence-electron chi connectivity index (χ2n) is 4.61. The minimum absolute atomic E-state index is 0.554. The summed E-state index contributed by atoms with van der Waals surface area (Å²) in [6.07, 6.45) is 1.24. The zero-order valence-electron chi connectivity index (χ0n) is 8.83. The van der Waals surface area contributed by atoms with Crippen molar-refractivity contribution >= 4 is 17.3 Å². The molecule has 2 aliphatic heterocycles. The van der Waals surface area contributed by atoms with Gasteiger partial charge in [-0.3, -0.25) is 0 Å². The van der Waals surface area contributed by atoms with Gasteiger partial charge in [0.2, 0.25) is 0 Å². The molecule has 0 bridgehead atoms. The van der Waals surface area contributed by atoms with Gasteiger partial charge in [-0.15, -0.1) is 0 Å². The Morgan fingerprint density at radius 1 is 1.47 bits per heavy atom. The van der Waals surface area contributed by atoms with Crippen molar-refractivity contribution in [3.63, 3.8) is 0 Å². The highest BCUT2D eigenvalue weighted by molar-refractivity contribution is 6.33. The fourth-order valence-electron chi connectivity index (χ4n) is 2.82. The molecule has 0 spiro atoms. The van der Waals surface area contributed by atoms with Crippen LogP contribution in [0.3, 0.4) is 0 Å². The molecule has 1 fully saturated rings. The standard InChI is InChI=1S/C12H15ClN2/c1-15-6-5-8-9-3-2-4-10(13)12(9)14-11(8)7-15/h2-4,8,11,14H,5-7H2,1H3. The average Bonchev–Trinajstić information content (AvgIpc) is 2.57. The molecule has 0 radical (unpaired) electrons. The molecule has 3 rings (SSSR count). The highest BCUT2D eigenvalue weighted by Gasteiger charge is 2.36. The molecule has 2 atom stereocenters. The number of anilines is 1. The molecule has 1 aromatic rings. The predicted octanol–water partition coefficient (Wildman–Crippen LogP) is 2.55. The molecular weight excluding hydrogens is 208 g/mol. The van der Waals surface area contributed by atoms with Gasteiger partial charge in [-0.05, 0) is 31.6 Å². The van der Waals surface area contributed by atoms with Crippen LogP contribution in [0.5, 0.6) is 0 Å². The summed E-state index contributed by atoms with van der Waals surface area (Å²) in [6.45, 7) is 2.31. The number of hydrogen-bond donors (Lipinski definition) is 1.